The van der Waals surface area contributed by atoms with E-state index in [0.29, 0.717) is 22.5 Å². The van der Waals surface area contributed by atoms with E-state index in [1.54, 1.807) is 24.3 Å². The average molecular weight is 328 g/mol. The first kappa shape index (κ1) is 19.3. The third-order valence-corrected chi connectivity index (χ3v) is 2.92. The Morgan fingerprint density at radius 3 is 1.79 bits per heavy atom. The van der Waals surface area contributed by atoms with Gasteiger partial charge in [-0.2, -0.15) is 0 Å². The molecule has 9 heteroatoms. The Morgan fingerprint density at radius 1 is 0.917 bits per heavy atom. The summed E-state index contributed by atoms with van der Waals surface area (Å²) in [6, 6.07) is 12.5. The number of nitrogens with zero attached hydrogens (tertiary/aromatic N) is 6. The minimum absolute atomic E-state index is 0. The minimum atomic E-state index is -1.33. The van der Waals surface area contributed by atoms with Gasteiger partial charge in [-0.05, 0) is 28.3 Å². The molecule has 2 aromatic carbocycles. The normalized spacial score (nSPS) is 9.92. The van der Waals surface area contributed by atoms with Crippen LogP contribution in [0.5, 0.6) is 0 Å². The molecule has 0 aromatic heterocycles. The van der Waals surface area contributed by atoms with E-state index >= 15 is 0 Å². The van der Waals surface area contributed by atoms with E-state index in [1.807, 2.05) is 0 Å². The van der Waals surface area contributed by atoms with Crippen LogP contribution in [-0.2, 0) is 4.79 Å². The summed E-state index contributed by atoms with van der Waals surface area (Å²) in [5.41, 5.74) is 18.5. The molecule has 2 aromatic rings. The molecule has 0 saturated carbocycles. The zero-order valence-corrected chi connectivity index (χ0v) is 14.7. The minimum Gasteiger partial charge on any atom is -0.545 e. The fourth-order valence-electron chi connectivity index (χ4n) is 1.87. The van der Waals surface area contributed by atoms with Gasteiger partial charge in [-0.15, -0.1) is 0 Å². The molecular formula is C15H9N6NaO2. The number of aliphatic carboxylic acids is 1. The van der Waals surface area contributed by atoms with Crippen molar-refractivity contribution in [3.63, 3.8) is 0 Å². The summed E-state index contributed by atoms with van der Waals surface area (Å²) >= 11 is 0. The number of hydrogen-bond donors (Lipinski definition) is 0. The van der Waals surface area contributed by atoms with Gasteiger partial charge in [0.05, 0.1) is 5.97 Å². The molecule has 0 unspecified atom stereocenters. The molecule has 0 radical (unpaired) electrons. The van der Waals surface area contributed by atoms with Gasteiger partial charge in [-0.25, -0.2) is 0 Å². The van der Waals surface area contributed by atoms with Crippen LogP contribution in [0, 0.1) is 0 Å². The zero-order chi connectivity index (χ0) is 16.7. The molecule has 0 bridgehead atoms. The maximum atomic E-state index is 11.4. The topological polar surface area (TPSA) is 138 Å². The van der Waals surface area contributed by atoms with E-state index in [9.17, 15) is 9.90 Å². The van der Waals surface area contributed by atoms with E-state index in [0.717, 1.165) is 0 Å². The van der Waals surface area contributed by atoms with Crippen molar-refractivity contribution in [1.29, 1.82) is 0 Å². The molecule has 8 nitrogen and oxygen atoms in total. The monoisotopic (exact) mass is 328 g/mol. The van der Waals surface area contributed by atoms with Crippen LogP contribution in [0.3, 0.4) is 0 Å². The van der Waals surface area contributed by atoms with E-state index in [4.69, 9.17) is 11.1 Å². The molecule has 0 atom stereocenters. The summed E-state index contributed by atoms with van der Waals surface area (Å²) in [6.07, 6.45) is 1.44. The van der Waals surface area contributed by atoms with Crippen LogP contribution in [0.2, 0.25) is 0 Å². The van der Waals surface area contributed by atoms with E-state index in [1.165, 1.54) is 30.3 Å². The fraction of sp³-hybridized carbons (Fsp3) is 0. The number of benzene rings is 2. The summed E-state index contributed by atoms with van der Waals surface area (Å²) in [7, 11) is 0. The van der Waals surface area contributed by atoms with E-state index in [-0.39, 0.29) is 35.1 Å². The molecule has 0 heterocycles. The second kappa shape index (κ2) is 9.42. The number of carboxylic acids is 1. The Labute approximate surface area is 159 Å². The van der Waals surface area contributed by atoms with Crippen LogP contribution in [-0.4, -0.2) is 5.97 Å². The van der Waals surface area contributed by atoms with Crippen LogP contribution in [0.4, 0.5) is 11.4 Å². The Morgan fingerprint density at radius 2 is 1.38 bits per heavy atom. The van der Waals surface area contributed by atoms with Crippen molar-refractivity contribution >= 4 is 29.0 Å². The van der Waals surface area contributed by atoms with Gasteiger partial charge in [-0.1, -0.05) is 58.8 Å². The molecule has 0 aliphatic rings. The van der Waals surface area contributed by atoms with Gasteiger partial charge in [0, 0.05) is 26.8 Å². The average Bonchev–Trinajstić information content (AvgIpc) is 2.55. The van der Waals surface area contributed by atoms with Gasteiger partial charge in [0.15, 0.2) is 0 Å². The molecule has 112 valence electrons. The molecule has 0 saturated heterocycles. The Bertz CT molecular complexity index is 849. The molecule has 2 rings (SSSR count). The van der Waals surface area contributed by atoms with Crippen molar-refractivity contribution in [2.45, 2.75) is 0 Å². The summed E-state index contributed by atoms with van der Waals surface area (Å²) in [5, 5.41) is 18.2. The van der Waals surface area contributed by atoms with E-state index < -0.39 is 5.97 Å². The largest absolute Gasteiger partial charge is 1.00 e. The van der Waals surface area contributed by atoms with Crippen LogP contribution < -0.4 is 34.7 Å². The Balaban J connectivity index is 0.00000288. The molecule has 0 spiro atoms. The molecule has 0 aliphatic heterocycles. The molecule has 0 N–H and O–H groups in total. The molecule has 0 amide bonds. The van der Waals surface area contributed by atoms with Crippen molar-refractivity contribution < 1.29 is 39.5 Å². The van der Waals surface area contributed by atoms with Crippen LogP contribution in [0.15, 0.2) is 58.8 Å². The van der Waals surface area contributed by atoms with Crippen molar-refractivity contribution in [3.05, 3.63) is 80.5 Å². The molecular weight excluding hydrogens is 319 g/mol. The first-order valence-corrected chi connectivity index (χ1v) is 6.38. The number of carbonyl (C=O) groups is 1. The second-order valence-corrected chi connectivity index (χ2v) is 4.36. The Kier molecular flexibility index (Phi) is 7.58. The number of carboxylic acid groups (broad SMARTS) is 1. The molecule has 0 fully saturated rings. The number of rotatable bonds is 5. The second-order valence-electron chi connectivity index (χ2n) is 4.36. The number of azide groups is 2. The van der Waals surface area contributed by atoms with Crippen LogP contribution in [0.1, 0.15) is 11.1 Å². The summed E-state index contributed by atoms with van der Waals surface area (Å²) in [5.74, 6) is -1.33. The molecule has 0 aliphatic carbocycles. The SMILES string of the molecule is [N-]=[N+]=Nc1ccc(C=C(C(=O)[O-])c2ccc(N=[N+]=[N-])cc2)cc1.[Na+]. The van der Waals surface area contributed by atoms with Gasteiger partial charge in [0.1, 0.15) is 0 Å². The number of carbonyl (C=O) groups excluding carboxylic acids is 1. The van der Waals surface area contributed by atoms with Crippen molar-refractivity contribution in [3.8, 4) is 0 Å². The zero-order valence-electron chi connectivity index (χ0n) is 12.7. The first-order chi connectivity index (χ1) is 11.1. The summed E-state index contributed by atoms with van der Waals surface area (Å²) < 4.78 is 0. The van der Waals surface area contributed by atoms with Crippen molar-refractivity contribution in [2.75, 3.05) is 0 Å². The van der Waals surface area contributed by atoms with Crippen LogP contribution in [0.25, 0.3) is 32.5 Å². The van der Waals surface area contributed by atoms with Crippen molar-refractivity contribution in [2.24, 2.45) is 10.2 Å². The smallest absolute Gasteiger partial charge is 0.545 e. The van der Waals surface area contributed by atoms with Gasteiger partial charge in [-0.3, -0.25) is 0 Å². The third kappa shape index (κ3) is 5.17. The van der Waals surface area contributed by atoms with Gasteiger partial charge in [0.2, 0.25) is 0 Å². The first-order valence-electron chi connectivity index (χ1n) is 6.38. The van der Waals surface area contributed by atoms with Gasteiger partial charge in [0.25, 0.3) is 0 Å². The summed E-state index contributed by atoms with van der Waals surface area (Å²) in [6.45, 7) is 0. The predicted octanol–water partition coefficient (Wildman–Crippen LogP) is 0.865. The maximum absolute atomic E-state index is 11.4. The van der Waals surface area contributed by atoms with Gasteiger partial charge >= 0.3 is 29.6 Å². The Hall–Kier alpha value is -2.73. The maximum Gasteiger partial charge on any atom is 1.00 e. The van der Waals surface area contributed by atoms with Gasteiger partial charge < -0.3 is 9.90 Å². The summed E-state index contributed by atoms with van der Waals surface area (Å²) in [4.78, 5) is 16.7. The fourth-order valence-corrected chi connectivity index (χ4v) is 1.87. The molecule has 24 heavy (non-hydrogen) atoms. The quantitative estimate of drug-likeness (QED) is 0.201. The van der Waals surface area contributed by atoms with Crippen molar-refractivity contribution in [1.82, 2.24) is 0 Å². The van der Waals surface area contributed by atoms with E-state index in [2.05, 4.69) is 20.1 Å². The number of hydrogen-bond acceptors (Lipinski definition) is 4. The standard InChI is InChI=1S/C15H10N6O2.Na/c16-20-18-12-5-1-10(2-6-12)9-14(15(22)23)11-3-7-13(8-4-11)19-21-17;/h1-9H,(H,22,23);/q;+1/p-1. The third-order valence-electron chi connectivity index (χ3n) is 2.92. The van der Waals surface area contributed by atoms with Crippen LogP contribution >= 0.6 is 0 Å². The predicted molar refractivity (Wildman–Crippen MR) is 83.4 cm³/mol.